The van der Waals surface area contributed by atoms with Crippen LogP contribution in [0.1, 0.15) is 104 Å². The maximum absolute atomic E-state index is 12.5. The van der Waals surface area contributed by atoms with Crippen molar-refractivity contribution in [1.29, 1.82) is 0 Å². The lowest BCUT2D eigenvalue weighted by Gasteiger charge is -2.20. The molecule has 52 heavy (non-hydrogen) atoms. The van der Waals surface area contributed by atoms with E-state index < -0.39 is 24.0 Å². The molecule has 1 aromatic carbocycles. The number of ketones is 2. The summed E-state index contributed by atoms with van der Waals surface area (Å²) in [6.07, 6.45) is 14.7. The molecule has 5 unspecified atom stereocenters. The number of hydrogen-bond acceptors (Lipinski definition) is 6. The van der Waals surface area contributed by atoms with Gasteiger partial charge in [-0.05, 0) is 80.2 Å². The van der Waals surface area contributed by atoms with Crippen LogP contribution in [0.2, 0.25) is 0 Å². The summed E-state index contributed by atoms with van der Waals surface area (Å²) in [5, 5.41) is 25.0. The first-order chi connectivity index (χ1) is 24.8. The summed E-state index contributed by atoms with van der Waals surface area (Å²) < 4.78 is 0. The van der Waals surface area contributed by atoms with Gasteiger partial charge >= 0.3 is 11.9 Å². The fraction of sp³-hybridized carbons (Fsp3) is 0.561. The number of rotatable bonds is 18. The number of para-hydroxylation sites is 1. The van der Waals surface area contributed by atoms with Crippen molar-refractivity contribution in [3.05, 3.63) is 60.3 Å². The van der Waals surface area contributed by atoms with Crippen LogP contribution in [0.25, 0.3) is 10.9 Å². The number of aromatic amines is 1. The number of carboxylic acid groups (broad SMARTS) is 2. The molecular formula is C41H57N3O8. The van der Waals surface area contributed by atoms with E-state index in [-0.39, 0.29) is 72.2 Å². The summed E-state index contributed by atoms with van der Waals surface area (Å²) in [5.74, 6) is -2.26. The minimum Gasteiger partial charge on any atom is -0.480 e. The van der Waals surface area contributed by atoms with E-state index in [9.17, 15) is 39.0 Å². The van der Waals surface area contributed by atoms with E-state index in [0.717, 1.165) is 35.9 Å². The second-order valence-corrected chi connectivity index (χ2v) is 14.5. The summed E-state index contributed by atoms with van der Waals surface area (Å²) in [4.78, 5) is 75.0. The van der Waals surface area contributed by atoms with Gasteiger partial charge < -0.3 is 25.8 Å². The maximum Gasteiger partial charge on any atom is 0.326 e. The lowest BCUT2D eigenvalue weighted by atomic mass is 9.89. The van der Waals surface area contributed by atoms with Crippen LogP contribution in [0, 0.1) is 29.6 Å². The molecule has 2 aromatic rings. The monoisotopic (exact) mass is 719 g/mol. The first-order valence-corrected chi connectivity index (χ1v) is 18.8. The number of carbonyl (C=O) groups is 6. The second-order valence-electron chi connectivity index (χ2n) is 14.5. The average Bonchev–Trinajstić information content (AvgIpc) is 3.77. The topological polar surface area (TPSA) is 183 Å². The molecule has 0 aliphatic heterocycles. The third-order valence-corrected chi connectivity index (χ3v) is 9.95. The highest BCUT2D eigenvalue weighted by atomic mass is 16.4. The molecule has 2 aliphatic carbocycles. The highest BCUT2D eigenvalue weighted by Gasteiger charge is 2.36. The molecule has 11 heteroatoms. The van der Waals surface area contributed by atoms with Crippen LogP contribution in [0.15, 0.2) is 54.6 Å². The Balaban J connectivity index is 0.000000289. The molecular weight excluding hydrogens is 662 g/mol. The van der Waals surface area contributed by atoms with Crippen LogP contribution < -0.4 is 10.6 Å². The SMILES string of the molecule is CC/C=C/CC1C(=O)CCC1CC(=O)NC(CC(C)C)C(=O)O.CC/C=C/CC1C(=O)CCC1CC(=O)N[C@H](Cc1cc2ccccc2[nH]1)C(=O)O. The number of carboxylic acids is 2. The lowest BCUT2D eigenvalue weighted by Crippen LogP contribution is -2.43. The van der Waals surface area contributed by atoms with Crippen LogP contribution in [0.4, 0.5) is 0 Å². The van der Waals surface area contributed by atoms with Gasteiger partial charge in [-0.2, -0.15) is 0 Å². The van der Waals surface area contributed by atoms with Crippen molar-refractivity contribution in [3.63, 3.8) is 0 Å². The molecule has 284 valence electrons. The first kappa shape index (κ1) is 41.9. The Morgan fingerprint density at radius 1 is 0.788 bits per heavy atom. The van der Waals surface area contributed by atoms with E-state index in [1.165, 1.54) is 0 Å². The van der Waals surface area contributed by atoms with Gasteiger partial charge in [0, 0.05) is 55.2 Å². The van der Waals surface area contributed by atoms with E-state index in [2.05, 4.69) is 15.6 Å². The Bertz CT molecular complexity index is 1560. The minimum absolute atomic E-state index is 0.0217. The molecule has 0 bridgehead atoms. The second kappa shape index (κ2) is 21.1. The predicted molar refractivity (Wildman–Crippen MR) is 200 cm³/mol. The van der Waals surface area contributed by atoms with Gasteiger partial charge in [-0.15, -0.1) is 0 Å². The van der Waals surface area contributed by atoms with Gasteiger partial charge in [0.2, 0.25) is 11.8 Å². The van der Waals surface area contributed by atoms with Crippen LogP contribution in [-0.2, 0) is 35.2 Å². The zero-order chi connectivity index (χ0) is 38.2. The summed E-state index contributed by atoms with van der Waals surface area (Å²) in [6, 6.07) is 7.76. The molecule has 2 saturated carbocycles. The van der Waals surface area contributed by atoms with Crippen molar-refractivity contribution < 1.29 is 39.0 Å². The number of carbonyl (C=O) groups excluding carboxylic acids is 4. The Hall–Kier alpha value is -4.54. The number of nitrogens with one attached hydrogen (secondary N) is 3. The molecule has 6 atom stereocenters. The van der Waals surface area contributed by atoms with Crippen LogP contribution in [0.3, 0.4) is 0 Å². The number of fused-ring (bicyclic) bond motifs is 1. The van der Waals surface area contributed by atoms with Gasteiger partial charge in [0.1, 0.15) is 23.7 Å². The van der Waals surface area contributed by atoms with Gasteiger partial charge in [-0.1, -0.05) is 70.2 Å². The Morgan fingerprint density at radius 3 is 1.75 bits per heavy atom. The Kier molecular flexibility index (Phi) is 17.0. The van der Waals surface area contributed by atoms with Gasteiger partial charge in [-0.3, -0.25) is 19.2 Å². The Morgan fingerprint density at radius 2 is 1.29 bits per heavy atom. The highest BCUT2D eigenvalue weighted by Crippen LogP contribution is 2.35. The lowest BCUT2D eigenvalue weighted by molar-refractivity contribution is -0.142. The smallest absolute Gasteiger partial charge is 0.326 e. The number of Topliss-reactive ketones (excluding diaryl/α,β-unsaturated/α-hetero) is 2. The van der Waals surface area contributed by atoms with Crippen LogP contribution in [-0.4, -0.2) is 62.6 Å². The number of H-pyrrole nitrogens is 1. The molecule has 0 radical (unpaired) electrons. The minimum atomic E-state index is -1.07. The summed E-state index contributed by atoms with van der Waals surface area (Å²) in [6.45, 7) is 7.93. The molecule has 1 heterocycles. The van der Waals surface area contributed by atoms with Gasteiger partial charge in [0.25, 0.3) is 0 Å². The maximum atomic E-state index is 12.5. The van der Waals surface area contributed by atoms with Gasteiger partial charge in [0.15, 0.2) is 0 Å². The number of allylic oxidation sites excluding steroid dienone is 4. The quantitative estimate of drug-likeness (QED) is 0.107. The third-order valence-electron chi connectivity index (χ3n) is 9.95. The molecule has 4 rings (SSSR count). The van der Waals surface area contributed by atoms with Crippen molar-refractivity contribution in [3.8, 4) is 0 Å². The molecule has 5 N–H and O–H groups in total. The van der Waals surface area contributed by atoms with Crippen molar-refractivity contribution in [2.24, 2.45) is 29.6 Å². The molecule has 2 amide bonds. The van der Waals surface area contributed by atoms with E-state index >= 15 is 0 Å². The van der Waals surface area contributed by atoms with Crippen molar-refractivity contribution >= 4 is 46.2 Å². The van der Waals surface area contributed by atoms with Crippen molar-refractivity contribution in [1.82, 2.24) is 15.6 Å². The van der Waals surface area contributed by atoms with E-state index in [1.54, 1.807) is 0 Å². The number of aromatic nitrogens is 1. The van der Waals surface area contributed by atoms with Crippen molar-refractivity contribution in [2.45, 2.75) is 117 Å². The van der Waals surface area contributed by atoms with Crippen LogP contribution >= 0.6 is 0 Å². The largest absolute Gasteiger partial charge is 0.480 e. The fourth-order valence-corrected chi connectivity index (χ4v) is 7.25. The first-order valence-electron chi connectivity index (χ1n) is 18.8. The number of benzene rings is 1. The zero-order valence-corrected chi connectivity index (χ0v) is 31.1. The molecule has 2 aliphatic rings. The molecule has 0 spiro atoms. The summed E-state index contributed by atoms with van der Waals surface area (Å²) >= 11 is 0. The summed E-state index contributed by atoms with van der Waals surface area (Å²) in [5.41, 5.74) is 1.70. The summed E-state index contributed by atoms with van der Waals surface area (Å²) in [7, 11) is 0. The molecule has 1 aromatic heterocycles. The average molecular weight is 720 g/mol. The van der Waals surface area contributed by atoms with E-state index in [0.29, 0.717) is 38.5 Å². The third kappa shape index (κ3) is 13.2. The molecule has 2 fully saturated rings. The molecule has 11 nitrogen and oxygen atoms in total. The standard InChI is InChI=1S/C23H28N2O4.C18H29NO4/c1-2-3-4-8-18-15(10-11-21(18)26)13-22(27)25-20(23(28)29)14-17-12-16-7-5-6-9-19(16)24-17;1-4-5-6-7-14-13(8-9-16(14)20)11-17(21)19-15(18(22)23)10-12(2)3/h3-7,9,12,15,18,20,24H,2,8,10-11,13-14H2,1H3,(H,25,27)(H,28,29);5-6,12-15H,4,7-11H2,1-3H3,(H,19,21)(H,22,23)/b4-3+;6-5+/t15?,18?,20-;/m1./s1. The normalized spacial score (nSPS) is 21.4. The predicted octanol–water partition coefficient (Wildman–Crippen LogP) is 6.57. The number of aliphatic carboxylic acids is 2. The number of hydrogen-bond donors (Lipinski definition) is 5. The van der Waals surface area contributed by atoms with Gasteiger partial charge in [0.05, 0.1) is 0 Å². The van der Waals surface area contributed by atoms with Crippen molar-refractivity contribution in [2.75, 3.05) is 0 Å². The highest BCUT2D eigenvalue weighted by molar-refractivity contribution is 5.88. The van der Waals surface area contributed by atoms with E-state index in [4.69, 9.17) is 0 Å². The Labute approximate surface area is 307 Å². The van der Waals surface area contributed by atoms with Crippen LogP contribution in [0.5, 0.6) is 0 Å². The molecule has 0 saturated heterocycles. The van der Waals surface area contributed by atoms with E-state index in [1.807, 2.05) is 82.3 Å². The fourth-order valence-electron chi connectivity index (χ4n) is 7.25. The zero-order valence-electron chi connectivity index (χ0n) is 31.1. The number of amides is 2. The van der Waals surface area contributed by atoms with Gasteiger partial charge in [-0.25, -0.2) is 9.59 Å².